The van der Waals surface area contributed by atoms with Crippen LogP contribution in [0, 0.1) is 0 Å². The molecule has 1 unspecified atom stereocenters. The second-order valence-electron chi connectivity index (χ2n) is 7.43. The van der Waals surface area contributed by atoms with Gasteiger partial charge in [-0.05, 0) is 12.3 Å². The van der Waals surface area contributed by atoms with Crippen LogP contribution < -0.4 is 20.7 Å². The number of carbonyl (C=O) groups excluding carboxylic acids is 3. The third kappa shape index (κ3) is 5.22. The highest BCUT2D eigenvalue weighted by molar-refractivity contribution is 8.00. The first kappa shape index (κ1) is 24.5. The highest BCUT2D eigenvalue weighted by atomic mass is 32.2. The van der Waals surface area contributed by atoms with Gasteiger partial charge in [0.05, 0.1) is 11.7 Å². The molecule has 0 aliphatic carbocycles. The van der Waals surface area contributed by atoms with Crippen molar-refractivity contribution in [2.75, 3.05) is 23.7 Å². The van der Waals surface area contributed by atoms with Gasteiger partial charge in [-0.3, -0.25) is 14.5 Å². The maximum Gasteiger partial charge on any atom is 0.278 e. The molecule has 35 heavy (non-hydrogen) atoms. The lowest BCUT2D eigenvalue weighted by atomic mass is 10.0. The minimum atomic E-state index is -1.44. The van der Waals surface area contributed by atoms with Crippen LogP contribution in [0.15, 0.2) is 59.3 Å². The van der Waals surface area contributed by atoms with Crippen molar-refractivity contribution in [2.45, 2.75) is 18.0 Å². The molecule has 14 heteroatoms. The minimum absolute atomic E-state index is 0.0685. The fourth-order valence-corrected chi connectivity index (χ4v) is 5.07. The van der Waals surface area contributed by atoms with Gasteiger partial charge >= 0.3 is 0 Å². The highest BCUT2D eigenvalue weighted by Crippen LogP contribution is 2.40. The Morgan fingerprint density at radius 2 is 2.17 bits per heavy atom. The molecule has 4 rings (SSSR count). The summed E-state index contributed by atoms with van der Waals surface area (Å²) in [6, 6.07) is 5.97. The summed E-state index contributed by atoms with van der Waals surface area (Å²) in [5, 5.41) is 17.8. The lowest BCUT2D eigenvalue weighted by Gasteiger charge is -2.50. The van der Waals surface area contributed by atoms with Gasteiger partial charge in [-0.1, -0.05) is 11.2 Å². The molecule has 1 fully saturated rings. The minimum Gasteiger partial charge on any atom is -0.543 e. The first-order valence-corrected chi connectivity index (χ1v) is 12.8. The molecule has 0 aromatic carbocycles. The van der Waals surface area contributed by atoms with E-state index in [4.69, 9.17) is 10.6 Å². The Morgan fingerprint density at radius 3 is 2.86 bits per heavy atom. The Labute approximate surface area is 208 Å². The van der Waals surface area contributed by atoms with Gasteiger partial charge in [0.1, 0.15) is 17.2 Å². The number of carboxylic acid groups (broad SMARTS) is 1. The normalized spacial score (nSPS) is 19.6. The number of pyridine rings is 1. The van der Waals surface area contributed by atoms with E-state index < -0.39 is 29.2 Å². The average molecular weight is 516 g/mol. The van der Waals surface area contributed by atoms with E-state index in [2.05, 4.69) is 20.4 Å². The first-order valence-electron chi connectivity index (χ1n) is 10.3. The van der Waals surface area contributed by atoms with Gasteiger partial charge < -0.3 is 25.8 Å². The third-order valence-electron chi connectivity index (χ3n) is 5.11. The van der Waals surface area contributed by atoms with Gasteiger partial charge in [0, 0.05) is 29.7 Å². The smallest absolute Gasteiger partial charge is 0.278 e. The van der Waals surface area contributed by atoms with E-state index in [1.807, 2.05) is 22.8 Å². The van der Waals surface area contributed by atoms with Crippen molar-refractivity contribution in [1.82, 2.24) is 20.2 Å². The molecule has 0 spiro atoms. The number of hydrogen-bond donors (Lipinski definition) is 2. The van der Waals surface area contributed by atoms with Gasteiger partial charge in [-0.25, -0.2) is 14.5 Å². The Hall–Kier alpha value is -3.65. The molecule has 4 heterocycles. The number of nitrogens with one attached hydrogen (secondary N) is 1. The van der Waals surface area contributed by atoms with Crippen molar-refractivity contribution < 1.29 is 28.9 Å². The van der Waals surface area contributed by atoms with E-state index in [0.717, 1.165) is 4.90 Å². The van der Waals surface area contributed by atoms with Crippen LogP contribution in [0.2, 0.25) is 0 Å². The number of nitrogens with zero attached hydrogens (tertiary/aromatic N) is 5. The predicted octanol–water partition coefficient (Wildman–Crippen LogP) is -1.51. The number of oxime groups is 1. The predicted molar refractivity (Wildman–Crippen MR) is 126 cm³/mol. The van der Waals surface area contributed by atoms with E-state index in [0.29, 0.717) is 17.9 Å². The van der Waals surface area contributed by atoms with Crippen LogP contribution in [0.1, 0.15) is 5.82 Å². The molecule has 3 N–H and O–H groups in total. The fraction of sp³-hybridized carbons (Fsp3) is 0.286. The monoisotopic (exact) mass is 515 g/mol. The number of carbonyl (C=O) groups is 3. The van der Waals surface area contributed by atoms with Crippen molar-refractivity contribution in [3.8, 4) is 0 Å². The van der Waals surface area contributed by atoms with E-state index in [1.165, 1.54) is 35.8 Å². The molecule has 0 radical (unpaired) electrons. The van der Waals surface area contributed by atoms with E-state index in [9.17, 15) is 19.5 Å². The highest BCUT2D eigenvalue weighted by Gasteiger charge is 2.53. The summed E-state index contributed by atoms with van der Waals surface area (Å²) in [7, 11) is 0. The Morgan fingerprint density at radius 1 is 1.40 bits per heavy atom. The maximum absolute atomic E-state index is 13.0. The van der Waals surface area contributed by atoms with Crippen LogP contribution in [0.5, 0.6) is 0 Å². The summed E-state index contributed by atoms with van der Waals surface area (Å²) in [5.74, 6) is -2.18. The molecule has 2 atom stereocenters. The molecule has 2 amide bonds. The largest absolute Gasteiger partial charge is 0.543 e. The maximum atomic E-state index is 13.0. The third-order valence-corrected chi connectivity index (χ3v) is 6.79. The quantitative estimate of drug-likeness (QED) is 0.100. The zero-order valence-corrected chi connectivity index (χ0v) is 20.1. The molecular formula is C21H21N7O5S2. The number of carboxylic acids is 1. The van der Waals surface area contributed by atoms with Crippen LogP contribution in [-0.2, 0) is 25.8 Å². The van der Waals surface area contributed by atoms with Gasteiger partial charge in [0.2, 0.25) is 5.71 Å². The molecule has 2 aliphatic heterocycles. The van der Waals surface area contributed by atoms with Crippen molar-refractivity contribution in [2.24, 2.45) is 5.16 Å². The van der Waals surface area contributed by atoms with Crippen LogP contribution in [-0.4, -0.2) is 67.7 Å². The molecule has 1 saturated heterocycles. The summed E-state index contributed by atoms with van der Waals surface area (Å²) in [4.78, 5) is 52.2. The topological polar surface area (TPSA) is 167 Å². The molecule has 12 nitrogen and oxygen atoms in total. The van der Waals surface area contributed by atoms with Crippen molar-refractivity contribution in [3.63, 3.8) is 0 Å². The van der Waals surface area contributed by atoms with Crippen molar-refractivity contribution >= 4 is 52.8 Å². The second kappa shape index (κ2) is 10.7. The first-order chi connectivity index (χ1) is 16.9. The zero-order valence-electron chi connectivity index (χ0n) is 18.5. The van der Waals surface area contributed by atoms with E-state index in [1.54, 1.807) is 18.6 Å². The molecule has 182 valence electrons. The number of thioether (sulfide) groups is 2. The van der Waals surface area contributed by atoms with Gasteiger partial charge in [-0.2, -0.15) is 0 Å². The number of aliphatic carboxylic acids is 1. The molecular weight excluding hydrogens is 494 g/mol. The molecule has 2 aliphatic rings. The lowest BCUT2D eigenvalue weighted by Crippen LogP contribution is -2.71. The SMILES string of the molecule is CSCON=C(C(=O)NC1C(=O)N2C(C(=O)[O-])=C(C[n+]3ccccc3)CS[C@@H]12)c1nccc(N)n1. The number of nitrogens with two attached hydrogens (primary N) is 1. The second-order valence-corrected chi connectivity index (χ2v) is 9.35. The Balaban J connectivity index is 1.53. The molecule has 0 saturated carbocycles. The van der Waals surface area contributed by atoms with Crippen molar-refractivity contribution in [1.29, 1.82) is 0 Å². The van der Waals surface area contributed by atoms with Crippen LogP contribution in [0.3, 0.4) is 0 Å². The zero-order chi connectivity index (χ0) is 24.9. The van der Waals surface area contributed by atoms with Crippen LogP contribution in [0.4, 0.5) is 5.82 Å². The summed E-state index contributed by atoms with van der Waals surface area (Å²) in [5.41, 5.74) is 5.82. The number of nitrogen functional groups attached to an aromatic ring is 1. The number of β-lactam (4-membered cyclic amide) rings is 1. The summed E-state index contributed by atoms with van der Waals surface area (Å²) in [6.45, 7) is 0.293. The Kier molecular flexibility index (Phi) is 7.51. The summed E-state index contributed by atoms with van der Waals surface area (Å²) < 4.78 is 1.81. The van der Waals surface area contributed by atoms with Gasteiger partial charge in [0.25, 0.3) is 11.8 Å². The molecule has 2 aromatic rings. The number of anilines is 1. The van der Waals surface area contributed by atoms with E-state index in [-0.39, 0.29) is 29.0 Å². The summed E-state index contributed by atoms with van der Waals surface area (Å²) >= 11 is 2.69. The van der Waals surface area contributed by atoms with E-state index >= 15 is 0 Å². The van der Waals surface area contributed by atoms with Crippen LogP contribution in [0.25, 0.3) is 0 Å². The van der Waals surface area contributed by atoms with Crippen molar-refractivity contribution in [3.05, 3.63) is 60.0 Å². The van der Waals surface area contributed by atoms with Crippen LogP contribution >= 0.6 is 23.5 Å². The number of hydrogen-bond acceptors (Lipinski definition) is 11. The molecule has 2 aromatic heterocycles. The fourth-order valence-electron chi connectivity index (χ4n) is 3.58. The average Bonchev–Trinajstić information content (AvgIpc) is 2.85. The standard InChI is InChI=1S/C21H21N7O5S2/c1-34-11-33-26-14(17-23-6-5-13(22)24-17)18(29)25-15-19(30)28-16(21(31)32)12(10-35-20(15)28)9-27-7-3-2-4-8-27/h2-8,15,20H,9-11H2,1H3,(H3-,22,23,24,25,29,31,32)/t15?,20-/m0/s1. The Bertz CT molecular complexity index is 1210. The molecule has 0 bridgehead atoms. The number of fused-ring (bicyclic) bond motifs is 1. The number of rotatable bonds is 9. The number of aromatic nitrogens is 3. The number of amides is 2. The summed E-state index contributed by atoms with van der Waals surface area (Å²) in [6.07, 6.45) is 6.76. The van der Waals surface area contributed by atoms with Gasteiger partial charge in [-0.15, -0.1) is 23.5 Å². The van der Waals surface area contributed by atoms with Gasteiger partial charge in [0.15, 0.2) is 30.7 Å². The lowest BCUT2D eigenvalue weighted by molar-refractivity contribution is -0.689.